The average molecular weight is 252 g/mol. The number of carbonyl (C=O) groups is 1. The van der Waals surface area contributed by atoms with Gasteiger partial charge in [0.25, 0.3) is 5.69 Å². The third-order valence-corrected chi connectivity index (χ3v) is 2.54. The molecule has 0 aromatic heterocycles. The molecule has 0 aliphatic heterocycles. The highest BCUT2D eigenvalue weighted by Gasteiger charge is 2.17. The highest BCUT2D eigenvalue weighted by Crippen LogP contribution is 2.20. The molecule has 18 heavy (non-hydrogen) atoms. The fourth-order valence-electron chi connectivity index (χ4n) is 1.43. The number of hydrogen-bond donors (Lipinski definition) is 1. The van der Waals surface area contributed by atoms with E-state index in [1.165, 1.54) is 6.07 Å². The lowest BCUT2D eigenvalue weighted by atomic mass is 10.1. The highest BCUT2D eigenvalue weighted by molar-refractivity contribution is 5.75. The van der Waals surface area contributed by atoms with Crippen molar-refractivity contribution in [3.8, 4) is 0 Å². The van der Waals surface area contributed by atoms with Gasteiger partial charge in [-0.05, 0) is 19.4 Å². The van der Waals surface area contributed by atoms with Crippen LogP contribution in [0, 0.1) is 17.0 Å². The SMILES string of the molecule is CCC(N)C(=O)OCc1cc(C)ccc1[N+](=O)[O-]. The minimum absolute atomic E-state index is 0.0570. The maximum absolute atomic E-state index is 11.4. The van der Waals surface area contributed by atoms with Crippen molar-refractivity contribution in [1.82, 2.24) is 0 Å². The Morgan fingerprint density at radius 3 is 2.78 bits per heavy atom. The zero-order chi connectivity index (χ0) is 13.7. The van der Waals surface area contributed by atoms with Crippen LogP contribution in [0.4, 0.5) is 5.69 Å². The zero-order valence-corrected chi connectivity index (χ0v) is 10.4. The molecular weight excluding hydrogens is 236 g/mol. The normalized spacial score (nSPS) is 11.9. The topological polar surface area (TPSA) is 95.5 Å². The van der Waals surface area contributed by atoms with Gasteiger partial charge in [-0.3, -0.25) is 14.9 Å². The first-order chi connectivity index (χ1) is 8.45. The summed E-state index contributed by atoms with van der Waals surface area (Å²) in [5.74, 6) is -0.548. The Kier molecular flexibility index (Phi) is 4.79. The predicted molar refractivity (Wildman–Crippen MR) is 65.9 cm³/mol. The monoisotopic (exact) mass is 252 g/mol. The van der Waals surface area contributed by atoms with E-state index in [1.807, 2.05) is 6.92 Å². The number of hydrogen-bond acceptors (Lipinski definition) is 5. The first-order valence-corrected chi connectivity index (χ1v) is 5.61. The van der Waals surface area contributed by atoms with Crippen molar-refractivity contribution in [1.29, 1.82) is 0 Å². The molecule has 0 saturated heterocycles. The number of esters is 1. The third kappa shape index (κ3) is 3.53. The molecule has 0 saturated carbocycles. The zero-order valence-electron chi connectivity index (χ0n) is 10.4. The van der Waals surface area contributed by atoms with Gasteiger partial charge in [0, 0.05) is 6.07 Å². The van der Waals surface area contributed by atoms with Crippen molar-refractivity contribution >= 4 is 11.7 Å². The number of rotatable bonds is 5. The molecular formula is C12H16N2O4. The number of ether oxygens (including phenoxy) is 1. The second-order valence-corrected chi connectivity index (χ2v) is 4.01. The largest absolute Gasteiger partial charge is 0.459 e. The molecule has 0 bridgehead atoms. The van der Waals surface area contributed by atoms with Crippen LogP contribution >= 0.6 is 0 Å². The Bertz CT molecular complexity index is 459. The van der Waals surface area contributed by atoms with E-state index < -0.39 is 16.9 Å². The van der Waals surface area contributed by atoms with Gasteiger partial charge in [0.15, 0.2) is 0 Å². The Morgan fingerprint density at radius 1 is 1.56 bits per heavy atom. The van der Waals surface area contributed by atoms with Crippen LogP contribution in [-0.2, 0) is 16.1 Å². The van der Waals surface area contributed by atoms with E-state index in [0.717, 1.165) is 5.56 Å². The fourth-order valence-corrected chi connectivity index (χ4v) is 1.43. The summed E-state index contributed by atoms with van der Waals surface area (Å²) in [6.45, 7) is 3.44. The molecule has 0 amide bonds. The molecule has 0 heterocycles. The molecule has 0 aliphatic carbocycles. The molecule has 1 atom stereocenters. The summed E-state index contributed by atoms with van der Waals surface area (Å²) < 4.78 is 4.96. The second kappa shape index (κ2) is 6.11. The van der Waals surface area contributed by atoms with Crippen LogP contribution in [0.1, 0.15) is 24.5 Å². The number of benzene rings is 1. The van der Waals surface area contributed by atoms with Crippen molar-refractivity contribution in [2.45, 2.75) is 32.9 Å². The summed E-state index contributed by atoms with van der Waals surface area (Å²) in [5, 5.41) is 10.8. The summed E-state index contributed by atoms with van der Waals surface area (Å²) >= 11 is 0. The number of aryl methyl sites for hydroxylation is 1. The molecule has 6 heteroatoms. The molecule has 98 valence electrons. The van der Waals surface area contributed by atoms with Gasteiger partial charge in [0.05, 0.1) is 10.5 Å². The Balaban J connectivity index is 2.81. The maximum atomic E-state index is 11.4. The van der Waals surface area contributed by atoms with Gasteiger partial charge in [-0.2, -0.15) is 0 Å². The average Bonchev–Trinajstić information content (AvgIpc) is 2.34. The minimum Gasteiger partial charge on any atom is -0.459 e. The van der Waals surface area contributed by atoms with Crippen LogP contribution in [0.25, 0.3) is 0 Å². The molecule has 0 spiro atoms. The predicted octanol–water partition coefficient (Wildman–Crippen LogP) is 1.68. The molecule has 0 fully saturated rings. The third-order valence-electron chi connectivity index (χ3n) is 2.54. The van der Waals surface area contributed by atoms with Gasteiger partial charge < -0.3 is 10.5 Å². The molecule has 1 aromatic rings. The first kappa shape index (κ1) is 14.1. The van der Waals surface area contributed by atoms with Crippen LogP contribution in [-0.4, -0.2) is 16.9 Å². The van der Waals surface area contributed by atoms with Crippen LogP contribution < -0.4 is 5.73 Å². The van der Waals surface area contributed by atoms with E-state index in [2.05, 4.69) is 0 Å². The van der Waals surface area contributed by atoms with Gasteiger partial charge >= 0.3 is 5.97 Å². The summed E-state index contributed by atoms with van der Waals surface area (Å²) in [7, 11) is 0. The maximum Gasteiger partial charge on any atom is 0.323 e. The summed E-state index contributed by atoms with van der Waals surface area (Å²) in [4.78, 5) is 21.7. The summed E-state index contributed by atoms with van der Waals surface area (Å²) in [5.41, 5.74) is 6.68. The van der Waals surface area contributed by atoms with Gasteiger partial charge in [-0.25, -0.2) is 0 Å². The standard InChI is InChI=1S/C12H16N2O4/c1-3-10(13)12(15)18-7-9-6-8(2)4-5-11(9)14(16)17/h4-6,10H,3,7,13H2,1-2H3. The summed E-state index contributed by atoms with van der Waals surface area (Å²) in [6.07, 6.45) is 0.467. The highest BCUT2D eigenvalue weighted by atomic mass is 16.6. The number of nitrogens with zero attached hydrogens (tertiary/aromatic N) is 1. The number of nitro groups is 1. The van der Waals surface area contributed by atoms with Crippen molar-refractivity contribution < 1.29 is 14.5 Å². The van der Waals surface area contributed by atoms with Crippen LogP contribution in [0.2, 0.25) is 0 Å². The number of carbonyl (C=O) groups excluding carboxylic acids is 1. The van der Waals surface area contributed by atoms with Crippen molar-refractivity contribution in [2.24, 2.45) is 5.73 Å². The van der Waals surface area contributed by atoms with Crippen molar-refractivity contribution in [2.75, 3.05) is 0 Å². The molecule has 0 aliphatic rings. The Hall–Kier alpha value is -1.95. The van der Waals surface area contributed by atoms with Crippen LogP contribution in [0.15, 0.2) is 18.2 Å². The molecule has 0 radical (unpaired) electrons. The van der Waals surface area contributed by atoms with E-state index >= 15 is 0 Å². The lowest BCUT2D eigenvalue weighted by Gasteiger charge is -2.10. The smallest absolute Gasteiger partial charge is 0.323 e. The second-order valence-electron chi connectivity index (χ2n) is 4.01. The van der Waals surface area contributed by atoms with E-state index in [1.54, 1.807) is 19.1 Å². The van der Waals surface area contributed by atoms with Gasteiger partial charge in [-0.15, -0.1) is 0 Å². The first-order valence-electron chi connectivity index (χ1n) is 5.61. The van der Waals surface area contributed by atoms with E-state index in [0.29, 0.717) is 12.0 Å². The lowest BCUT2D eigenvalue weighted by molar-refractivity contribution is -0.385. The van der Waals surface area contributed by atoms with E-state index in [4.69, 9.17) is 10.5 Å². The van der Waals surface area contributed by atoms with Crippen LogP contribution in [0.5, 0.6) is 0 Å². The minimum atomic E-state index is -0.686. The van der Waals surface area contributed by atoms with Gasteiger partial charge in [0.2, 0.25) is 0 Å². The molecule has 1 unspecified atom stereocenters. The molecule has 1 rings (SSSR count). The van der Waals surface area contributed by atoms with Crippen LogP contribution in [0.3, 0.4) is 0 Å². The van der Waals surface area contributed by atoms with E-state index in [9.17, 15) is 14.9 Å². The van der Waals surface area contributed by atoms with Gasteiger partial charge in [-0.1, -0.05) is 18.6 Å². The number of nitrogens with two attached hydrogens (primary N) is 1. The molecule has 2 N–H and O–H groups in total. The molecule has 1 aromatic carbocycles. The van der Waals surface area contributed by atoms with Crippen molar-refractivity contribution in [3.63, 3.8) is 0 Å². The van der Waals surface area contributed by atoms with Crippen molar-refractivity contribution in [3.05, 3.63) is 39.4 Å². The summed E-state index contributed by atoms with van der Waals surface area (Å²) in [6, 6.07) is 3.98. The number of nitro benzene ring substituents is 1. The Labute approximate surface area is 105 Å². The van der Waals surface area contributed by atoms with E-state index in [-0.39, 0.29) is 12.3 Å². The molecule has 6 nitrogen and oxygen atoms in total. The Morgan fingerprint density at radius 2 is 2.22 bits per heavy atom. The fraction of sp³-hybridized carbons (Fsp3) is 0.417. The van der Waals surface area contributed by atoms with Gasteiger partial charge in [0.1, 0.15) is 12.6 Å². The quantitative estimate of drug-likeness (QED) is 0.488. The lowest BCUT2D eigenvalue weighted by Crippen LogP contribution is -2.31.